The van der Waals surface area contributed by atoms with Crippen LogP contribution in [0.4, 0.5) is 0 Å². The van der Waals surface area contributed by atoms with E-state index in [1.54, 1.807) is 11.8 Å². The van der Waals surface area contributed by atoms with Crippen LogP contribution in [0.1, 0.15) is 32.6 Å². The molecule has 0 spiro atoms. The highest BCUT2D eigenvalue weighted by atomic mass is 32.2. The molecule has 0 N–H and O–H groups in total. The van der Waals surface area contributed by atoms with Crippen molar-refractivity contribution in [1.29, 1.82) is 0 Å². The summed E-state index contributed by atoms with van der Waals surface area (Å²) in [7, 11) is 1.31. The largest absolute Gasteiger partial charge is 0.468 e. The van der Waals surface area contributed by atoms with Gasteiger partial charge in [0.05, 0.1) is 13.7 Å². The van der Waals surface area contributed by atoms with Crippen LogP contribution in [0.25, 0.3) is 0 Å². The van der Waals surface area contributed by atoms with Gasteiger partial charge in [0, 0.05) is 11.2 Å². The SMILES string of the molecule is CCCCCC=CC(SC)C1COC(=O)C1C(=O)OC. The van der Waals surface area contributed by atoms with Gasteiger partial charge in [-0.05, 0) is 19.1 Å². The first-order valence-electron chi connectivity index (χ1n) is 7.09. The van der Waals surface area contributed by atoms with Gasteiger partial charge in [0.25, 0.3) is 0 Å². The number of hydrogen-bond donors (Lipinski definition) is 0. The van der Waals surface area contributed by atoms with E-state index in [2.05, 4.69) is 19.1 Å². The van der Waals surface area contributed by atoms with Crippen LogP contribution in [-0.4, -0.2) is 37.2 Å². The van der Waals surface area contributed by atoms with Gasteiger partial charge in [-0.25, -0.2) is 0 Å². The number of hydrogen-bond acceptors (Lipinski definition) is 5. The highest BCUT2D eigenvalue weighted by molar-refractivity contribution is 7.99. The first-order valence-corrected chi connectivity index (χ1v) is 8.38. The number of carbonyl (C=O) groups excluding carboxylic acids is 2. The molecule has 0 aromatic carbocycles. The Morgan fingerprint density at radius 1 is 1.55 bits per heavy atom. The highest BCUT2D eigenvalue weighted by Gasteiger charge is 2.46. The molecular formula is C15H24O4S. The summed E-state index contributed by atoms with van der Waals surface area (Å²) >= 11 is 1.64. The van der Waals surface area contributed by atoms with Crippen molar-refractivity contribution in [3.05, 3.63) is 12.2 Å². The molecule has 3 atom stereocenters. The Labute approximate surface area is 125 Å². The first kappa shape index (κ1) is 17.1. The zero-order valence-corrected chi connectivity index (χ0v) is 13.3. The summed E-state index contributed by atoms with van der Waals surface area (Å²) in [6.45, 7) is 2.47. The zero-order valence-electron chi connectivity index (χ0n) is 12.5. The van der Waals surface area contributed by atoms with Crippen LogP contribution in [-0.2, 0) is 19.1 Å². The molecule has 0 aliphatic carbocycles. The van der Waals surface area contributed by atoms with Crippen molar-refractivity contribution in [2.45, 2.75) is 37.9 Å². The number of thioether (sulfide) groups is 1. The molecule has 114 valence electrons. The van der Waals surface area contributed by atoms with Crippen LogP contribution in [0.5, 0.6) is 0 Å². The van der Waals surface area contributed by atoms with E-state index in [9.17, 15) is 9.59 Å². The molecule has 0 amide bonds. The molecule has 0 bridgehead atoms. The average Bonchev–Trinajstić information content (AvgIpc) is 2.84. The van der Waals surface area contributed by atoms with Crippen molar-refractivity contribution in [3.8, 4) is 0 Å². The van der Waals surface area contributed by atoms with E-state index in [0.29, 0.717) is 6.61 Å². The maximum atomic E-state index is 11.7. The molecule has 1 heterocycles. The van der Waals surface area contributed by atoms with Gasteiger partial charge in [-0.15, -0.1) is 0 Å². The molecule has 3 unspecified atom stereocenters. The van der Waals surface area contributed by atoms with Gasteiger partial charge in [-0.3, -0.25) is 9.59 Å². The second-order valence-corrected chi connectivity index (χ2v) is 5.93. The fourth-order valence-corrected chi connectivity index (χ4v) is 3.21. The van der Waals surface area contributed by atoms with Crippen LogP contribution >= 0.6 is 11.8 Å². The first-order chi connectivity index (χ1) is 9.65. The molecule has 1 aliphatic rings. The lowest BCUT2D eigenvalue weighted by Gasteiger charge is -2.19. The Kier molecular flexibility index (Phi) is 7.73. The minimum absolute atomic E-state index is 0.104. The van der Waals surface area contributed by atoms with Crippen molar-refractivity contribution in [3.63, 3.8) is 0 Å². The predicted molar refractivity (Wildman–Crippen MR) is 80.5 cm³/mol. The van der Waals surface area contributed by atoms with Crippen LogP contribution in [0.2, 0.25) is 0 Å². The third-order valence-electron chi connectivity index (χ3n) is 3.55. The number of ether oxygens (including phenoxy) is 2. The van der Waals surface area contributed by atoms with E-state index < -0.39 is 17.9 Å². The van der Waals surface area contributed by atoms with Crippen LogP contribution in [0.15, 0.2) is 12.2 Å². The van der Waals surface area contributed by atoms with Crippen molar-refractivity contribution >= 4 is 23.7 Å². The Morgan fingerprint density at radius 2 is 2.30 bits per heavy atom. The van der Waals surface area contributed by atoms with Crippen molar-refractivity contribution in [2.75, 3.05) is 20.0 Å². The summed E-state index contributed by atoms with van der Waals surface area (Å²) in [5.41, 5.74) is 0. The lowest BCUT2D eigenvalue weighted by Crippen LogP contribution is -2.32. The minimum atomic E-state index is -0.780. The number of unbranched alkanes of at least 4 members (excludes halogenated alkanes) is 3. The molecule has 5 heteroatoms. The highest BCUT2D eigenvalue weighted by Crippen LogP contribution is 2.32. The monoisotopic (exact) mass is 300 g/mol. The summed E-state index contributed by atoms with van der Waals surface area (Å²) in [5, 5.41) is 0.104. The van der Waals surface area contributed by atoms with Crippen molar-refractivity contribution < 1.29 is 19.1 Å². The average molecular weight is 300 g/mol. The van der Waals surface area contributed by atoms with E-state index in [4.69, 9.17) is 9.47 Å². The van der Waals surface area contributed by atoms with Crippen LogP contribution in [0, 0.1) is 11.8 Å². The summed E-state index contributed by atoms with van der Waals surface area (Å²) in [5.74, 6) is -1.86. The summed E-state index contributed by atoms with van der Waals surface area (Å²) < 4.78 is 9.76. The molecule has 1 fully saturated rings. The molecule has 0 radical (unpaired) electrons. The second-order valence-electron chi connectivity index (χ2n) is 4.92. The molecule has 1 saturated heterocycles. The molecule has 4 nitrogen and oxygen atoms in total. The standard InChI is InChI=1S/C15H24O4S/c1-4-5-6-7-8-9-12(20-3)11-10-19-15(17)13(11)14(16)18-2/h8-9,11-13H,4-7,10H2,1-3H3. The summed E-state index contributed by atoms with van der Waals surface area (Å²) in [4.78, 5) is 23.4. The number of allylic oxidation sites excluding steroid dienone is 1. The maximum absolute atomic E-state index is 11.7. The fourth-order valence-electron chi connectivity index (χ4n) is 2.36. The molecule has 0 aromatic heterocycles. The zero-order chi connectivity index (χ0) is 15.0. The molecule has 1 rings (SSSR count). The van der Waals surface area contributed by atoms with Gasteiger partial charge in [-0.1, -0.05) is 31.9 Å². The van der Waals surface area contributed by atoms with Gasteiger partial charge in [0.15, 0.2) is 5.92 Å². The Balaban J connectivity index is 2.63. The van der Waals surface area contributed by atoms with E-state index in [-0.39, 0.29) is 11.2 Å². The number of cyclic esters (lactones) is 1. The Hall–Kier alpha value is -0.970. The van der Waals surface area contributed by atoms with Crippen LogP contribution < -0.4 is 0 Å². The molecule has 0 aromatic rings. The molecule has 1 aliphatic heterocycles. The molecular weight excluding hydrogens is 276 g/mol. The lowest BCUT2D eigenvalue weighted by molar-refractivity contribution is -0.154. The number of rotatable bonds is 8. The van der Waals surface area contributed by atoms with Crippen molar-refractivity contribution in [1.82, 2.24) is 0 Å². The van der Waals surface area contributed by atoms with E-state index in [1.165, 1.54) is 26.4 Å². The number of esters is 2. The van der Waals surface area contributed by atoms with Gasteiger partial charge in [0.1, 0.15) is 0 Å². The number of carbonyl (C=O) groups is 2. The Bertz CT molecular complexity index is 354. The Morgan fingerprint density at radius 3 is 2.90 bits per heavy atom. The van der Waals surface area contributed by atoms with E-state index >= 15 is 0 Å². The van der Waals surface area contributed by atoms with Crippen LogP contribution in [0.3, 0.4) is 0 Å². The third-order valence-corrected chi connectivity index (χ3v) is 4.60. The number of methoxy groups -OCH3 is 1. The normalized spacial score (nSPS) is 23.9. The lowest BCUT2D eigenvalue weighted by atomic mass is 9.91. The molecule has 0 saturated carbocycles. The topological polar surface area (TPSA) is 52.6 Å². The second kappa shape index (κ2) is 9.06. The quantitative estimate of drug-likeness (QED) is 0.298. The minimum Gasteiger partial charge on any atom is -0.468 e. The smallest absolute Gasteiger partial charge is 0.320 e. The van der Waals surface area contributed by atoms with Gasteiger partial charge >= 0.3 is 11.9 Å². The van der Waals surface area contributed by atoms with Gasteiger partial charge < -0.3 is 9.47 Å². The van der Waals surface area contributed by atoms with E-state index in [0.717, 1.165) is 6.42 Å². The van der Waals surface area contributed by atoms with Crippen molar-refractivity contribution in [2.24, 2.45) is 11.8 Å². The van der Waals surface area contributed by atoms with Gasteiger partial charge in [0.2, 0.25) is 0 Å². The third kappa shape index (κ3) is 4.54. The summed E-state index contributed by atoms with van der Waals surface area (Å²) in [6.07, 6.45) is 10.9. The summed E-state index contributed by atoms with van der Waals surface area (Å²) in [6, 6.07) is 0. The fraction of sp³-hybridized carbons (Fsp3) is 0.733. The van der Waals surface area contributed by atoms with E-state index in [1.807, 2.05) is 6.26 Å². The maximum Gasteiger partial charge on any atom is 0.320 e. The predicted octanol–water partition coefficient (Wildman–Crippen LogP) is 2.82. The van der Waals surface area contributed by atoms with Gasteiger partial charge in [-0.2, -0.15) is 11.8 Å². The molecule has 20 heavy (non-hydrogen) atoms.